The highest BCUT2D eigenvalue weighted by Crippen LogP contribution is 2.37. The molecule has 5 nitrogen and oxygen atoms in total. The number of aromatic hydroxyl groups is 1. The highest BCUT2D eigenvalue weighted by Gasteiger charge is 2.37. The molecule has 0 saturated carbocycles. The first-order chi connectivity index (χ1) is 10.3. The highest BCUT2D eigenvalue weighted by atomic mass is 35.5. The summed E-state index contributed by atoms with van der Waals surface area (Å²) in [6.07, 6.45) is 0. The molecule has 1 amide bonds. The number of fused-ring (bicyclic) bond motifs is 1. The minimum Gasteiger partial charge on any atom is -0.508 e. The Morgan fingerprint density at radius 2 is 1.73 bits per heavy atom. The summed E-state index contributed by atoms with van der Waals surface area (Å²) >= 11 is 11.9. The van der Waals surface area contributed by atoms with Crippen molar-refractivity contribution in [1.29, 1.82) is 0 Å². The molecule has 0 fully saturated rings. The van der Waals surface area contributed by atoms with Gasteiger partial charge in [-0.05, 0) is 24.3 Å². The van der Waals surface area contributed by atoms with Crippen LogP contribution < -0.4 is 4.90 Å². The molecule has 0 aromatic heterocycles. The third-order valence-corrected chi connectivity index (χ3v) is 5.49. The molecule has 1 aliphatic rings. The minimum absolute atomic E-state index is 0.0446. The number of phenols is 1. The molecule has 0 radical (unpaired) electrons. The minimum atomic E-state index is -3.57. The fraction of sp³-hybridized carbons (Fsp3) is 0.0714. The van der Waals surface area contributed by atoms with Gasteiger partial charge in [0.1, 0.15) is 11.6 Å². The van der Waals surface area contributed by atoms with Crippen molar-refractivity contribution >= 4 is 44.6 Å². The number of anilines is 1. The van der Waals surface area contributed by atoms with E-state index in [2.05, 4.69) is 0 Å². The van der Waals surface area contributed by atoms with Crippen LogP contribution in [0.3, 0.4) is 0 Å². The summed E-state index contributed by atoms with van der Waals surface area (Å²) in [6.45, 7) is 0. The molecule has 1 N–H and O–H groups in total. The molecule has 0 bridgehead atoms. The van der Waals surface area contributed by atoms with E-state index in [1.807, 2.05) is 0 Å². The van der Waals surface area contributed by atoms with Gasteiger partial charge < -0.3 is 5.11 Å². The lowest BCUT2D eigenvalue weighted by Crippen LogP contribution is -2.30. The van der Waals surface area contributed by atoms with Crippen molar-refractivity contribution < 1.29 is 18.3 Å². The SMILES string of the molecule is O=C(c1c(Cl)cc(O)cc1Cl)N1CS(=O)(=O)c2ccccc21. The third kappa shape index (κ3) is 2.33. The first-order valence-electron chi connectivity index (χ1n) is 6.13. The number of carbonyl (C=O) groups is 1. The van der Waals surface area contributed by atoms with E-state index in [0.717, 1.165) is 4.90 Å². The van der Waals surface area contributed by atoms with Gasteiger partial charge in [0.2, 0.25) is 0 Å². The lowest BCUT2D eigenvalue weighted by Gasteiger charge is -2.17. The molecule has 0 atom stereocenters. The second kappa shape index (κ2) is 5.15. The van der Waals surface area contributed by atoms with Crippen LogP contribution in [0.2, 0.25) is 10.0 Å². The molecule has 1 heterocycles. The largest absolute Gasteiger partial charge is 0.508 e. The fourth-order valence-corrected chi connectivity index (χ4v) is 4.47. The van der Waals surface area contributed by atoms with Crippen molar-refractivity contribution in [3.63, 3.8) is 0 Å². The first-order valence-corrected chi connectivity index (χ1v) is 8.54. The van der Waals surface area contributed by atoms with Gasteiger partial charge in [-0.25, -0.2) is 8.42 Å². The van der Waals surface area contributed by atoms with E-state index >= 15 is 0 Å². The third-order valence-electron chi connectivity index (χ3n) is 3.28. The number of hydrogen-bond donors (Lipinski definition) is 1. The van der Waals surface area contributed by atoms with E-state index in [0.29, 0.717) is 0 Å². The van der Waals surface area contributed by atoms with E-state index in [4.69, 9.17) is 23.2 Å². The Morgan fingerprint density at radius 3 is 2.36 bits per heavy atom. The van der Waals surface area contributed by atoms with Crippen molar-refractivity contribution in [1.82, 2.24) is 0 Å². The average molecular weight is 358 g/mol. The highest BCUT2D eigenvalue weighted by molar-refractivity contribution is 7.92. The number of hydrogen-bond acceptors (Lipinski definition) is 4. The second-order valence-corrected chi connectivity index (χ2v) is 7.47. The average Bonchev–Trinajstić information content (AvgIpc) is 2.70. The molecule has 114 valence electrons. The number of benzene rings is 2. The van der Waals surface area contributed by atoms with Crippen LogP contribution in [-0.4, -0.2) is 25.3 Å². The van der Waals surface area contributed by atoms with Crippen LogP contribution in [0.25, 0.3) is 0 Å². The summed E-state index contributed by atoms with van der Waals surface area (Å²) in [5.74, 6) is -1.29. The number of para-hydroxylation sites is 1. The smallest absolute Gasteiger partial charge is 0.262 e. The van der Waals surface area contributed by atoms with Gasteiger partial charge in [-0.15, -0.1) is 0 Å². The Balaban J connectivity index is 2.13. The first kappa shape index (κ1) is 15.1. The molecule has 3 rings (SSSR count). The topological polar surface area (TPSA) is 74.7 Å². The van der Waals surface area contributed by atoms with Crippen LogP contribution in [0.15, 0.2) is 41.3 Å². The van der Waals surface area contributed by atoms with E-state index in [-0.39, 0.29) is 31.9 Å². The number of nitrogens with zero attached hydrogens (tertiary/aromatic N) is 1. The van der Waals surface area contributed by atoms with Gasteiger partial charge in [-0.1, -0.05) is 35.3 Å². The monoisotopic (exact) mass is 357 g/mol. The summed E-state index contributed by atoms with van der Waals surface area (Å²) in [5, 5.41) is 9.33. The van der Waals surface area contributed by atoms with E-state index < -0.39 is 21.6 Å². The lowest BCUT2D eigenvalue weighted by atomic mass is 10.1. The molecule has 0 unspecified atom stereocenters. The van der Waals surface area contributed by atoms with Crippen molar-refractivity contribution in [3.05, 3.63) is 52.0 Å². The number of halogens is 2. The molecule has 0 spiro atoms. The Hall–Kier alpha value is -1.76. The zero-order valence-corrected chi connectivity index (χ0v) is 13.3. The maximum Gasteiger partial charge on any atom is 0.262 e. The van der Waals surface area contributed by atoms with Gasteiger partial charge in [0.25, 0.3) is 5.91 Å². The van der Waals surface area contributed by atoms with Crippen LogP contribution in [0.5, 0.6) is 5.75 Å². The molecular weight excluding hydrogens is 349 g/mol. The predicted octanol–water partition coefficient (Wildman–Crippen LogP) is 3.09. The number of sulfone groups is 1. The van der Waals surface area contributed by atoms with Gasteiger partial charge in [0.15, 0.2) is 9.84 Å². The van der Waals surface area contributed by atoms with Crippen molar-refractivity contribution in [3.8, 4) is 5.75 Å². The Kier molecular flexibility index (Phi) is 3.55. The molecule has 2 aromatic carbocycles. The Labute approximate surface area is 136 Å². The summed E-state index contributed by atoms with van der Waals surface area (Å²) in [5.41, 5.74) is 0.237. The van der Waals surface area contributed by atoms with Gasteiger partial charge in [0.05, 0.1) is 26.2 Å². The van der Waals surface area contributed by atoms with Crippen LogP contribution in [0, 0.1) is 0 Å². The lowest BCUT2D eigenvalue weighted by molar-refractivity contribution is 0.0992. The number of phenolic OH excluding ortho intramolecular Hbond substituents is 1. The second-order valence-electron chi connectivity index (χ2n) is 4.73. The van der Waals surface area contributed by atoms with Crippen LogP contribution in [-0.2, 0) is 9.84 Å². The van der Waals surface area contributed by atoms with Crippen LogP contribution in [0.1, 0.15) is 10.4 Å². The van der Waals surface area contributed by atoms with Crippen molar-refractivity contribution in [2.45, 2.75) is 4.90 Å². The maximum atomic E-state index is 12.7. The molecular formula is C14H9Cl2NO4S. The number of rotatable bonds is 1. The Morgan fingerprint density at radius 1 is 1.14 bits per heavy atom. The summed E-state index contributed by atoms with van der Waals surface area (Å²) in [7, 11) is -3.57. The summed E-state index contributed by atoms with van der Waals surface area (Å²) in [6, 6.07) is 8.57. The summed E-state index contributed by atoms with van der Waals surface area (Å²) < 4.78 is 24.2. The quantitative estimate of drug-likeness (QED) is 0.850. The predicted molar refractivity (Wildman–Crippen MR) is 83.4 cm³/mol. The summed E-state index contributed by atoms with van der Waals surface area (Å²) in [4.78, 5) is 13.9. The van der Waals surface area contributed by atoms with E-state index in [1.54, 1.807) is 18.2 Å². The number of amides is 1. The zero-order chi connectivity index (χ0) is 16.1. The van der Waals surface area contributed by atoms with Gasteiger partial charge >= 0.3 is 0 Å². The van der Waals surface area contributed by atoms with Crippen molar-refractivity contribution in [2.24, 2.45) is 0 Å². The standard InChI is InChI=1S/C14H9Cl2NO4S/c15-9-5-8(18)6-10(16)13(9)14(19)17-7-22(20,21)12-4-2-1-3-11(12)17/h1-6,18H,7H2. The van der Waals surface area contributed by atoms with Gasteiger partial charge in [0, 0.05) is 0 Å². The molecule has 2 aromatic rings. The normalized spacial score (nSPS) is 15.6. The van der Waals surface area contributed by atoms with Gasteiger partial charge in [-0.3, -0.25) is 9.69 Å². The maximum absolute atomic E-state index is 12.7. The molecule has 0 saturated heterocycles. The molecule has 1 aliphatic heterocycles. The van der Waals surface area contributed by atoms with Crippen LogP contribution >= 0.6 is 23.2 Å². The van der Waals surface area contributed by atoms with Crippen LogP contribution in [0.4, 0.5) is 5.69 Å². The van der Waals surface area contributed by atoms with E-state index in [9.17, 15) is 18.3 Å². The molecule has 22 heavy (non-hydrogen) atoms. The van der Waals surface area contributed by atoms with Gasteiger partial charge in [-0.2, -0.15) is 0 Å². The molecule has 8 heteroatoms. The van der Waals surface area contributed by atoms with Crippen molar-refractivity contribution in [2.75, 3.05) is 10.8 Å². The fourth-order valence-electron chi connectivity index (χ4n) is 2.32. The van der Waals surface area contributed by atoms with E-state index in [1.165, 1.54) is 18.2 Å². The Bertz CT molecular complexity index is 872. The number of carbonyl (C=O) groups excluding carboxylic acids is 1. The zero-order valence-electron chi connectivity index (χ0n) is 11.0. The molecule has 0 aliphatic carbocycles.